The van der Waals surface area contributed by atoms with Crippen LogP contribution in [0.3, 0.4) is 0 Å². The van der Waals surface area contributed by atoms with Crippen LogP contribution in [0.25, 0.3) is 16.6 Å². The van der Waals surface area contributed by atoms with E-state index >= 15 is 0 Å². The third kappa shape index (κ3) is 1.85. The van der Waals surface area contributed by atoms with Crippen LogP contribution in [0.5, 0.6) is 0 Å². The number of nitrogens with zero attached hydrogens (tertiary/aromatic N) is 2. The van der Waals surface area contributed by atoms with Gasteiger partial charge in [-0.2, -0.15) is 5.10 Å². The van der Waals surface area contributed by atoms with E-state index in [4.69, 9.17) is 0 Å². The Balaban J connectivity index is 2.26. The van der Waals surface area contributed by atoms with Crippen molar-refractivity contribution in [2.24, 2.45) is 0 Å². The largest absolute Gasteiger partial charge is 0.239 e. The van der Waals surface area contributed by atoms with Gasteiger partial charge in [0, 0.05) is 16.1 Å². The van der Waals surface area contributed by atoms with Crippen molar-refractivity contribution >= 4 is 26.8 Å². The molecule has 0 aliphatic heterocycles. The van der Waals surface area contributed by atoms with E-state index in [2.05, 4.69) is 59.3 Å². The Morgan fingerprint density at radius 3 is 2.39 bits per heavy atom. The summed E-state index contributed by atoms with van der Waals surface area (Å²) in [5, 5.41) is 5.80. The molecule has 2 aromatic carbocycles. The molecule has 0 atom stereocenters. The van der Waals surface area contributed by atoms with Crippen LogP contribution in [-0.2, 0) is 0 Å². The lowest BCUT2D eigenvalue weighted by atomic mass is 10.1. The molecule has 3 aromatic rings. The van der Waals surface area contributed by atoms with E-state index in [0.717, 1.165) is 15.7 Å². The van der Waals surface area contributed by atoms with Gasteiger partial charge in [0.1, 0.15) is 0 Å². The predicted octanol–water partition coefficient (Wildman–Crippen LogP) is 4.40. The first kappa shape index (κ1) is 11.5. The van der Waals surface area contributed by atoms with Gasteiger partial charge in [0.25, 0.3) is 0 Å². The summed E-state index contributed by atoms with van der Waals surface area (Å²) in [5.74, 6) is 0. The Labute approximate surface area is 114 Å². The first-order valence-electron chi connectivity index (χ1n) is 5.87. The molecule has 1 aromatic heterocycles. The summed E-state index contributed by atoms with van der Waals surface area (Å²) in [6, 6.07) is 12.4. The number of benzene rings is 2. The Bertz CT molecular complexity index is 672. The first-order chi connectivity index (χ1) is 8.65. The van der Waals surface area contributed by atoms with Crippen molar-refractivity contribution in [2.75, 3.05) is 0 Å². The second kappa shape index (κ2) is 4.25. The van der Waals surface area contributed by atoms with Crippen LogP contribution >= 0.6 is 15.9 Å². The molecule has 0 spiro atoms. The topological polar surface area (TPSA) is 17.8 Å². The fourth-order valence-corrected chi connectivity index (χ4v) is 3.03. The second-order valence-electron chi connectivity index (χ2n) is 4.52. The number of halogens is 1. The number of rotatable bonds is 1. The van der Waals surface area contributed by atoms with Crippen LogP contribution in [0, 0.1) is 13.8 Å². The molecule has 0 unspecified atom stereocenters. The van der Waals surface area contributed by atoms with Crippen molar-refractivity contribution in [2.45, 2.75) is 13.8 Å². The molecule has 0 saturated heterocycles. The monoisotopic (exact) mass is 300 g/mol. The van der Waals surface area contributed by atoms with Gasteiger partial charge in [-0.3, -0.25) is 0 Å². The van der Waals surface area contributed by atoms with Crippen molar-refractivity contribution < 1.29 is 0 Å². The maximum Gasteiger partial charge on any atom is 0.0927 e. The highest BCUT2D eigenvalue weighted by Gasteiger charge is 2.08. The van der Waals surface area contributed by atoms with Crippen LogP contribution in [0.2, 0.25) is 0 Å². The predicted molar refractivity (Wildman–Crippen MR) is 78.2 cm³/mol. The molecule has 0 saturated carbocycles. The molecular formula is C15H13BrN2. The van der Waals surface area contributed by atoms with Gasteiger partial charge in [0.15, 0.2) is 0 Å². The smallest absolute Gasteiger partial charge is 0.0927 e. The van der Waals surface area contributed by atoms with E-state index in [9.17, 15) is 0 Å². The third-order valence-electron chi connectivity index (χ3n) is 3.10. The quantitative estimate of drug-likeness (QED) is 0.651. The standard InChI is InChI=1S/C15H13BrN2/c1-10-7-13(16)8-11(2)15(10)18-9-12-5-3-4-6-14(12)17-18/h3-9H,1-2H3. The fraction of sp³-hybridized carbons (Fsp3) is 0.133. The number of fused-ring (bicyclic) bond motifs is 1. The third-order valence-corrected chi connectivity index (χ3v) is 3.56. The van der Waals surface area contributed by atoms with Crippen molar-refractivity contribution in [1.82, 2.24) is 9.78 Å². The highest BCUT2D eigenvalue weighted by molar-refractivity contribution is 9.10. The molecule has 1 heterocycles. The molecular weight excluding hydrogens is 288 g/mol. The van der Waals surface area contributed by atoms with E-state index in [1.165, 1.54) is 16.5 Å². The van der Waals surface area contributed by atoms with Gasteiger partial charge in [-0.05, 0) is 43.2 Å². The molecule has 0 radical (unpaired) electrons. The molecule has 0 aliphatic rings. The Morgan fingerprint density at radius 2 is 1.72 bits per heavy atom. The van der Waals surface area contributed by atoms with Gasteiger partial charge in [0.05, 0.1) is 11.2 Å². The summed E-state index contributed by atoms with van der Waals surface area (Å²) >= 11 is 3.52. The zero-order valence-corrected chi connectivity index (χ0v) is 11.9. The Hall–Kier alpha value is -1.61. The van der Waals surface area contributed by atoms with Crippen LogP contribution < -0.4 is 0 Å². The van der Waals surface area contributed by atoms with Crippen LogP contribution in [0.4, 0.5) is 0 Å². The van der Waals surface area contributed by atoms with Crippen LogP contribution in [0.1, 0.15) is 11.1 Å². The lowest BCUT2D eigenvalue weighted by molar-refractivity contribution is 0.878. The Morgan fingerprint density at radius 1 is 1.06 bits per heavy atom. The second-order valence-corrected chi connectivity index (χ2v) is 5.44. The van der Waals surface area contributed by atoms with Crippen molar-refractivity contribution in [1.29, 1.82) is 0 Å². The highest BCUT2D eigenvalue weighted by atomic mass is 79.9. The van der Waals surface area contributed by atoms with E-state index < -0.39 is 0 Å². The van der Waals surface area contributed by atoms with Gasteiger partial charge >= 0.3 is 0 Å². The van der Waals surface area contributed by atoms with Crippen molar-refractivity contribution in [3.8, 4) is 5.69 Å². The average Bonchev–Trinajstić information content (AvgIpc) is 2.70. The summed E-state index contributed by atoms with van der Waals surface area (Å²) in [5.41, 5.74) is 4.62. The lowest BCUT2D eigenvalue weighted by Crippen LogP contribution is -2.00. The van der Waals surface area contributed by atoms with E-state index in [-0.39, 0.29) is 0 Å². The molecule has 2 nitrogen and oxygen atoms in total. The van der Waals surface area contributed by atoms with Crippen molar-refractivity contribution in [3.63, 3.8) is 0 Å². The molecule has 3 heteroatoms. The minimum atomic E-state index is 1.03. The maximum absolute atomic E-state index is 4.64. The molecule has 0 aliphatic carbocycles. The number of aryl methyl sites for hydroxylation is 2. The van der Waals surface area contributed by atoms with E-state index in [1.807, 2.05) is 22.9 Å². The highest BCUT2D eigenvalue weighted by Crippen LogP contribution is 2.25. The van der Waals surface area contributed by atoms with Gasteiger partial charge < -0.3 is 0 Å². The summed E-state index contributed by atoms with van der Waals surface area (Å²) < 4.78 is 3.08. The Kier molecular flexibility index (Phi) is 2.71. The van der Waals surface area contributed by atoms with E-state index in [1.54, 1.807) is 0 Å². The zero-order chi connectivity index (χ0) is 12.7. The summed E-state index contributed by atoms with van der Waals surface area (Å²) in [7, 11) is 0. The maximum atomic E-state index is 4.64. The number of aromatic nitrogens is 2. The fourth-order valence-electron chi connectivity index (χ4n) is 2.34. The van der Waals surface area contributed by atoms with Gasteiger partial charge in [-0.15, -0.1) is 0 Å². The average molecular weight is 301 g/mol. The molecule has 0 amide bonds. The van der Waals surface area contributed by atoms with Gasteiger partial charge in [-0.1, -0.05) is 34.1 Å². The SMILES string of the molecule is Cc1cc(Br)cc(C)c1-n1cc2ccccc2n1. The van der Waals surface area contributed by atoms with Gasteiger partial charge in [0.2, 0.25) is 0 Å². The number of hydrogen-bond donors (Lipinski definition) is 0. The van der Waals surface area contributed by atoms with Crippen LogP contribution in [-0.4, -0.2) is 9.78 Å². The molecule has 90 valence electrons. The van der Waals surface area contributed by atoms with E-state index in [0.29, 0.717) is 0 Å². The minimum absolute atomic E-state index is 1.03. The minimum Gasteiger partial charge on any atom is -0.239 e. The number of hydrogen-bond acceptors (Lipinski definition) is 1. The normalized spacial score (nSPS) is 11.1. The molecule has 3 rings (SSSR count). The summed E-state index contributed by atoms with van der Waals surface area (Å²) in [4.78, 5) is 0. The van der Waals surface area contributed by atoms with Gasteiger partial charge in [-0.25, -0.2) is 4.68 Å². The first-order valence-corrected chi connectivity index (χ1v) is 6.66. The van der Waals surface area contributed by atoms with Crippen LogP contribution in [0.15, 0.2) is 47.1 Å². The summed E-state index contributed by atoms with van der Waals surface area (Å²) in [6.45, 7) is 4.22. The molecule has 18 heavy (non-hydrogen) atoms. The molecule has 0 bridgehead atoms. The molecule has 0 N–H and O–H groups in total. The zero-order valence-electron chi connectivity index (χ0n) is 10.3. The lowest BCUT2D eigenvalue weighted by Gasteiger charge is -2.10. The van der Waals surface area contributed by atoms with Crippen molar-refractivity contribution in [3.05, 3.63) is 58.2 Å². The molecule has 0 fully saturated rings. The summed E-state index contributed by atoms with van der Waals surface area (Å²) in [6.07, 6.45) is 2.08.